The van der Waals surface area contributed by atoms with Gasteiger partial charge in [-0.2, -0.15) is 0 Å². The fourth-order valence-electron chi connectivity index (χ4n) is 1.92. The van der Waals surface area contributed by atoms with Gasteiger partial charge in [0.1, 0.15) is 6.61 Å². The van der Waals surface area contributed by atoms with Crippen LogP contribution >= 0.6 is 0 Å². The molecule has 0 radical (unpaired) electrons. The van der Waals surface area contributed by atoms with E-state index in [1.54, 1.807) is 0 Å². The molecule has 3 N–H and O–H groups in total. The fraction of sp³-hybridized carbons (Fsp3) is 1.00. The maximum absolute atomic E-state index is 11.7. The second kappa shape index (κ2) is 7.09. The van der Waals surface area contributed by atoms with E-state index in [0.29, 0.717) is 25.2 Å². The molecule has 0 heterocycles. The van der Waals surface area contributed by atoms with Gasteiger partial charge in [-0.1, -0.05) is 6.42 Å². The van der Waals surface area contributed by atoms with Crippen molar-refractivity contribution in [3.05, 3.63) is 0 Å². The van der Waals surface area contributed by atoms with Crippen LogP contribution < -0.4 is 11.1 Å². The average molecular weight is 222 g/mol. The van der Waals surface area contributed by atoms with Gasteiger partial charge in [-0.15, -0.1) is 0 Å². The monoisotopic (exact) mass is 222 g/mol. The predicted octanol–water partition coefficient (Wildman–Crippen LogP) is 1.13. The van der Waals surface area contributed by atoms with Crippen LogP contribution in [0.1, 0.15) is 25.7 Å². The van der Waals surface area contributed by atoms with E-state index >= 15 is 0 Å². The number of rotatable bonds is 6. The second-order valence-corrected chi connectivity index (χ2v) is 4.04. The molecular formula is C10H20F2N2O. The molecule has 1 fully saturated rings. The molecule has 0 saturated heterocycles. The molecule has 1 saturated carbocycles. The highest BCUT2D eigenvalue weighted by atomic mass is 19.3. The van der Waals surface area contributed by atoms with E-state index in [9.17, 15) is 8.78 Å². The summed E-state index contributed by atoms with van der Waals surface area (Å²) in [6, 6.07) is 0.724. The third-order valence-electron chi connectivity index (χ3n) is 2.64. The highest BCUT2D eigenvalue weighted by Gasteiger charge is 2.18. The van der Waals surface area contributed by atoms with Crippen LogP contribution in [0.5, 0.6) is 0 Å². The SMILES string of the molecule is NC1CCCC(NCCOCC(F)F)C1. The summed E-state index contributed by atoms with van der Waals surface area (Å²) in [7, 11) is 0. The lowest BCUT2D eigenvalue weighted by molar-refractivity contribution is 0.0179. The number of hydrogen-bond acceptors (Lipinski definition) is 3. The van der Waals surface area contributed by atoms with Crippen molar-refractivity contribution in [2.45, 2.75) is 44.2 Å². The van der Waals surface area contributed by atoms with Gasteiger partial charge in [0.25, 0.3) is 6.43 Å². The maximum atomic E-state index is 11.7. The Morgan fingerprint density at radius 3 is 2.87 bits per heavy atom. The lowest BCUT2D eigenvalue weighted by Gasteiger charge is -2.27. The third-order valence-corrected chi connectivity index (χ3v) is 2.64. The van der Waals surface area contributed by atoms with Gasteiger partial charge in [-0.05, 0) is 19.3 Å². The highest BCUT2D eigenvalue weighted by molar-refractivity contribution is 4.79. The van der Waals surface area contributed by atoms with Crippen molar-refractivity contribution in [3.8, 4) is 0 Å². The molecule has 2 atom stereocenters. The summed E-state index contributed by atoms with van der Waals surface area (Å²) in [6.45, 7) is 0.506. The van der Waals surface area contributed by atoms with E-state index in [4.69, 9.17) is 10.5 Å². The Morgan fingerprint density at radius 1 is 1.40 bits per heavy atom. The molecule has 2 unspecified atom stereocenters. The van der Waals surface area contributed by atoms with Crippen molar-refractivity contribution in [2.24, 2.45) is 5.73 Å². The van der Waals surface area contributed by atoms with Crippen molar-refractivity contribution in [1.82, 2.24) is 5.32 Å². The molecule has 1 aliphatic carbocycles. The van der Waals surface area contributed by atoms with E-state index in [1.807, 2.05) is 0 Å². The number of hydrogen-bond donors (Lipinski definition) is 2. The first-order valence-electron chi connectivity index (χ1n) is 5.53. The molecule has 1 rings (SSSR count). The van der Waals surface area contributed by atoms with Crippen molar-refractivity contribution in [1.29, 1.82) is 0 Å². The predicted molar refractivity (Wildman–Crippen MR) is 55.1 cm³/mol. The smallest absolute Gasteiger partial charge is 0.261 e. The molecule has 5 heteroatoms. The Hall–Kier alpha value is -0.260. The third kappa shape index (κ3) is 6.02. The minimum absolute atomic E-state index is 0.290. The highest BCUT2D eigenvalue weighted by Crippen LogP contribution is 2.16. The number of ether oxygens (including phenoxy) is 1. The van der Waals surface area contributed by atoms with Gasteiger partial charge in [0, 0.05) is 18.6 Å². The van der Waals surface area contributed by atoms with Crippen LogP contribution in [-0.2, 0) is 4.74 Å². The van der Waals surface area contributed by atoms with Gasteiger partial charge in [0.15, 0.2) is 0 Å². The summed E-state index contributed by atoms with van der Waals surface area (Å²) < 4.78 is 28.2. The number of alkyl halides is 2. The van der Waals surface area contributed by atoms with Crippen LogP contribution in [0, 0.1) is 0 Å². The Kier molecular flexibility index (Phi) is 6.05. The minimum Gasteiger partial charge on any atom is -0.374 e. The second-order valence-electron chi connectivity index (χ2n) is 4.04. The Labute approximate surface area is 89.4 Å². The number of nitrogens with one attached hydrogen (secondary N) is 1. The van der Waals surface area contributed by atoms with Gasteiger partial charge in [0.2, 0.25) is 0 Å². The Balaban J connectivity index is 1.95. The normalized spacial score (nSPS) is 27.2. The molecule has 0 amide bonds. The molecular weight excluding hydrogens is 202 g/mol. The molecule has 0 aromatic heterocycles. The van der Waals surface area contributed by atoms with Crippen LogP contribution in [0.4, 0.5) is 8.78 Å². The summed E-state index contributed by atoms with van der Waals surface area (Å²) >= 11 is 0. The first-order valence-corrected chi connectivity index (χ1v) is 5.53. The molecule has 15 heavy (non-hydrogen) atoms. The molecule has 90 valence electrons. The summed E-state index contributed by atoms with van der Waals surface area (Å²) in [5.41, 5.74) is 5.82. The van der Waals surface area contributed by atoms with E-state index in [1.165, 1.54) is 0 Å². The zero-order chi connectivity index (χ0) is 11.1. The zero-order valence-electron chi connectivity index (χ0n) is 8.92. The van der Waals surface area contributed by atoms with Crippen molar-refractivity contribution in [3.63, 3.8) is 0 Å². The molecule has 0 aromatic carbocycles. The first kappa shape index (κ1) is 12.8. The Morgan fingerprint density at radius 2 is 2.20 bits per heavy atom. The van der Waals surface area contributed by atoms with Crippen LogP contribution in [0.25, 0.3) is 0 Å². The molecule has 3 nitrogen and oxygen atoms in total. The summed E-state index contributed by atoms with van der Waals surface area (Å²) in [4.78, 5) is 0. The van der Waals surface area contributed by atoms with E-state index in [2.05, 4.69) is 5.32 Å². The quantitative estimate of drug-likeness (QED) is 0.662. The lowest BCUT2D eigenvalue weighted by Crippen LogP contribution is -2.40. The van der Waals surface area contributed by atoms with Crippen molar-refractivity contribution in [2.75, 3.05) is 19.8 Å². The zero-order valence-corrected chi connectivity index (χ0v) is 8.92. The fourth-order valence-corrected chi connectivity index (χ4v) is 1.92. The van der Waals surface area contributed by atoms with Gasteiger partial charge in [0.05, 0.1) is 6.61 Å². The molecule has 0 aromatic rings. The summed E-state index contributed by atoms with van der Waals surface area (Å²) in [5.74, 6) is 0. The van der Waals surface area contributed by atoms with Crippen LogP contribution in [0.2, 0.25) is 0 Å². The van der Waals surface area contributed by atoms with Gasteiger partial charge in [-0.3, -0.25) is 0 Å². The van der Waals surface area contributed by atoms with Crippen LogP contribution in [-0.4, -0.2) is 38.3 Å². The topological polar surface area (TPSA) is 47.3 Å². The van der Waals surface area contributed by atoms with Gasteiger partial charge in [-0.25, -0.2) is 8.78 Å². The van der Waals surface area contributed by atoms with E-state index in [0.717, 1.165) is 25.7 Å². The van der Waals surface area contributed by atoms with Gasteiger partial charge < -0.3 is 15.8 Å². The molecule has 0 bridgehead atoms. The largest absolute Gasteiger partial charge is 0.374 e. The van der Waals surface area contributed by atoms with Crippen LogP contribution in [0.15, 0.2) is 0 Å². The summed E-state index contributed by atoms with van der Waals surface area (Å²) in [5, 5.41) is 3.28. The van der Waals surface area contributed by atoms with E-state index < -0.39 is 13.0 Å². The lowest BCUT2D eigenvalue weighted by atomic mass is 9.92. The Bertz CT molecular complexity index is 170. The molecule has 0 aliphatic heterocycles. The molecule has 1 aliphatic rings. The van der Waals surface area contributed by atoms with Crippen LogP contribution in [0.3, 0.4) is 0 Å². The van der Waals surface area contributed by atoms with Crippen molar-refractivity contribution >= 4 is 0 Å². The van der Waals surface area contributed by atoms with E-state index in [-0.39, 0.29) is 0 Å². The standard InChI is InChI=1S/C10H20F2N2O/c11-10(12)7-15-5-4-14-9-3-1-2-8(13)6-9/h8-10,14H,1-7,13H2. The number of nitrogens with two attached hydrogens (primary N) is 1. The van der Waals surface area contributed by atoms with Crippen molar-refractivity contribution < 1.29 is 13.5 Å². The number of halogens is 2. The first-order chi connectivity index (χ1) is 7.18. The summed E-state index contributed by atoms with van der Waals surface area (Å²) in [6.07, 6.45) is 1.99. The average Bonchev–Trinajstić information content (AvgIpc) is 2.17. The van der Waals surface area contributed by atoms with Gasteiger partial charge >= 0.3 is 0 Å². The molecule has 0 spiro atoms. The minimum atomic E-state index is -2.37. The maximum Gasteiger partial charge on any atom is 0.261 e.